The molecular formula is C13H11Cl2N3O2S. The number of carbonyl (C=O) groups excluding carboxylic acids is 1. The predicted octanol–water partition coefficient (Wildman–Crippen LogP) is 4.08. The van der Waals surface area contributed by atoms with E-state index in [0.717, 1.165) is 0 Å². The highest BCUT2D eigenvalue weighted by molar-refractivity contribution is 7.93. The number of aromatic nitrogens is 1. The standard InChI is InChI=1S/C13H11Cl2N3O2S/c1-21(20,10-6-4-9(14)5-7-10)18-13(19)17-11-3-2-8-16-12(11)15/h2-8H,1H3,(H,17,19). The number of hydrogen-bond donors (Lipinski definition) is 1. The summed E-state index contributed by atoms with van der Waals surface area (Å²) in [5, 5.41) is 3.09. The number of carbonyl (C=O) groups is 1. The molecule has 0 aliphatic rings. The molecule has 0 spiro atoms. The van der Waals surface area contributed by atoms with Crippen molar-refractivity contribution in [1.29, 1.82) is 0 Å². The number of pyridine rings is 1. The first-order chi connectivity index (χ1) is 9.88. The van der Waals surface area contributed by atoms with Crippen LogP contribution in [0.4, 0.5) is 10.5 Å². The van der Waals surface area contributed by atoms with Crippen LogP contribution in [0.2, 0.25) is 10.2 Å². The quantitative estimate of drug-likeness (QED) is 0.835. The average Bonchev–Trinajstić information content (AvgIpc) is 2.41. The van der Waals surface area contributed by atoms with Crippen LogP contribution in [0.3, 0.4) is 0 Å². The lowest BCUT2D eigenvalue weighted by molar-refractivity contribution is 0.260. The summed E-state index contributed by atoms with van der Waals surface area (Å²) in [6.45, 7) is 0. The van der Waals surface area contributed by atoms with E-state index in [9.17, 15) is 9.00 Å². The highest BCUT2D eigenvalue weighted by atomic mass is 35.5. The number of benzene rings is 1. The van der Waals surface area contributed by atoms with Crippen LogP contribution in [-0.2, 0) is 9.73 Å². The SMILES string of the molecule is CS(=O)(=NC(=O)Nc1cccnc1Cl)c1ccc(Cl)cc1. The Labute approximate surface area is 132 Å². The van der Waals surface area contributed by atoms with E-state index in [-0.39, 0.29) is 5.15 Å². The molecule has 0 saturated heterocycles. The van der Waals surface area contributed by atoms with E-state index >= 15 is 0 Å². The van der Waals surface area contributed by atoms with Crippen LogP contribution < -0.4 is 5.32 Å². The molecule has 1 unspecified atom stereocenters. The van der Waals surface area contributed by atoms with Gasteiger partial charge < -0.3 is 5.32 Å². The maximum absolute atomic E-state index is 12.5. The van der Waals surface area contributed by atoms with Crippen molar-refractivity contribution in [1.82, 2.24) is 4.98 Å². The zero-order valence-corrected chi connectivity index (χ0v) is 13.2. The molecule has 8 heteroatoms. The lowest BCUT2D eigenvalue weighted by Gasteiger charge is -2.06. The molecule has 1 aromatic heterocycles. The van der Waals surface area contributed by atoms with Crippen molar-refractivity contribution < 1.29 is 9.00 Å². The van der Waals surface area contributed by atoms with Crippen LogP contribution in [0, 0.1) is 0 Å². The van der Waals surface area contributed by atoms with E-state index in [1.807, 2.05) is 0 Å². The van der Waals surface area contributed by atoms with Crippen molar-refractivity contribution in [3.05, 3.63) is 52.8 Å². The topological polar surface area (TPSA) is 71.4 Å². The van der Waals surface area contributed by atoms with Gasteiger partial charge in [0, 0.05) is 22.4 Å². The van der Waals surface area contributed by atoms with Gasteiger partial charge in [0.2, 0.25) is 0 Å². The Balaban J connectivity index is 2.25. The van der Waals surface area contributed by atoms with Crippen molar-refractivity contribution >= 4 is 44.6 Å². The monoisotopic (exact) mass is 343 g/mol. The minimum Gasteiger partial charge on any atom is -0.303 e. The van der Waals surface area contributed by atoms with Crippen molar-refractivity contribution in [3.63, 3.8) is 0 Å². The lowest BCUT2D eigenvalue weighted by Crippen LogP contribution is -2.11. The van der Waals surface area contributed by atoms with Gasteiger partial charge in [-0.15, -0.1) is 4.36 Å². The fraction of sp³-hybridized carbons (Fsp3) is 0.0769. The smallest absolute Gasteiger partial charge is 0.303 e. The van der Waals surface area contributed by atoms with Gasteiger partial charge in [-0.2, -0.15) is 0 Å². The third-order valence-corrected chi connectivity index (χ3v) is 4.72. The van der Waals surface area contributed by atoms with Crippen LogP contribution in [0.15, 0.2) is 51.9 Å². The maximum atomic E-state index is 12.5. The van der Waals surface area contributed by atoms with Gasteiger partial charge in [0.1, 0.15) is 0 Å². The van der Waals surface area contributed by atoms with E-state index in [1.165, 1.54) is 12.5 Å². The molecular weight excluding hydrogens is 333 g/mol. The van der Waals surface area contributed by atoms with E-state index < -0.39 is 15.8 Å². The Kier molecular flexibility index (Phi) is 4.82. The molecule has 5 nitrogen and oxygen atoms in total. The van der Waals surface area contributed by atoms with Crippen LogP contribution in [0.25, 0.3) is 0 Å². The van der Waals surface area contributed by atoms with Crippen molar-refractivity contribution in [2.75, 3.05) is 11.6 Å². The van der Waals surface area contributed by atoms with Gasteiger partial charge >= 0.3 is 6.03 Å². The van der Waals surface area contributed by atoms with E-state index in [4.69, 9.17) is 23.2 Å². The molecule has 1 aromatic carbocycles. The first-order valence-corrected chi connectivity index (χ1v) is 8.45. The minimum atomic E-state index is -2.87. The van der Waals surface area contributed by atoms with Gasteiger partial charge in [-0.1, -0.05) is 23.2 Å². The number of rotatable bonds is 2. The average molecular weight is 344 g/mol. The maximum Gasteiger partial charge on any atom is 0.353 e. The summed E-state index contributed by atoms with van der Waals surface area (Å²) in [7, 11) is -2.87. The normalized spacial score (nSPS) is 13.3. The Morgan fingerprint density at radius 1 is 1.24 bits per heavy atom. The van der Waals surface area contributed by atoms with Crippen LogP contribution in [0.5, 0.6) is 0 Å². The third kappa shape index (κ3) is 4.17. The van der Waals surface area contributed by atoms with Gasteiger partial charge in [0.15, 0.2) is 5.15 Å². The first kappa shape index (κ1) is 15.8. The lowest BCUT2D eigenvalue weighted by atomic mass is 10.4. The molecule has 1 N–H and O–H groups in total. The number of amides is 2. The molecule has 2 rings (SSSR count). The summed E-state index contributed by atoms with van der Waals surface area (Å²) in [4.78, 5) is 16.1. The zero-order valence-electron chi connectivity index (χ0n) is 10.9. The summed E-state index contributed by atoms with van der Waals surface area (Å²) in [6.07, 6.45) is 2.87. The summed E-state index contributed by atoms with van der Waals surface area (Å²) in [5.41, 5.74) is 0.305. The van der Waals surface area contributed by atoms with E-state index in [1.54, 1.807) is 36.4 Å². The summed E-state index contributed by atoms with van der Waals surface area (Å²) in [5.74, 6) is 0. The number of hydrogen-bond acceptors (Lipinski definition) is 3. The minimum absolute atomic E-state index is 0.134. The zero-order chi connectivity index (χ0) is 15.5. The fourth-order valence-electron chi connectivity index (χ4n) is 1.52. The van der Waals surface area contributed by atoms with Gasteiger partial charge in [-0.05, 0) is 36.4 Å². The first-order valence-electron chi connectivity index (χ1n) is 5.78. The Hall–Kier alpha value is -1.63. The summed E-state index contributed by atoms with van der Waals surface area (Å²) in [6, 6.07) is 8.74. The number of halogens is 2. The highest BCUT2D eigenvalue weighted by Gasteiger charge is 2.11. The van der Waals surface area contributed by atoms with Crippen molar-refractivity contribution in [2.24, 2.45) is 4.36 Å². The highest BCUT2D eigenvalue weighted by Crippen LogP contribution is 2.19. The van der Waals surface area contributed by atoms with Crippen molar-refractivity contribution in [3.8, 4) is 0 Å². The second kappa shape index (κ2) is 6.43. The molecule has 0 saturated carbocycles. The number of anilines is 1. The molecule has 0 fully saturated rings. The molecule has 0 radical (unpaired) electrons. The summed E-state index contributed by atoms with van der Waals surface area (Å²) < 4.78 is 16.2. The number of urea groups is 1. The second-order valence-electron chi connectivity index (χ2n) is 4.12. The molecule has 0 aliphatic carbocycles. The Morgan fingerprint density at radius 3 is 2.52 bits per heavy atom. The predicted molar refractivity (Wildman–Crippen MR) is 84.5 cm³/mol. The van der Waals surface area contributed by atoms with Gasteiger partial charge in [-0.25, -0.2) is 14.0 Å². The van der Waals surface area contributed by atoms with Gasteiger partial charge in [-0.3, -0.25) is 0 Å². The summed E-state index contributed by atoms with van der Waals surface area (Å²) >= 11 is 11.6. The third-order valence-electron chi connectivity index (χ3n) is 2.51. The molecule has 110 valence electrons. The molecule has 2 aromatic rings. The van der Waals surface area contributed by atoms with Gasteiger partial charge in [0.05, 0.1) is 15.4 Å². The van der Waals surface area contributed by atoms with Crippen LogP contribution >= 0.6 is 23.2 Å². The second-order valence-corrected chi connectivity index (χ2v) is 7.17. The molecule has 0 aliphatic heterocycles. The van der Waals surface area contributed by atoms with E-state index in [2.05, 4.69) is 14.7 Å². The van der Waals surface area contributed by atoms with Crippen LogP contribution in [0.1, 0.15) is 0 Å². The Morgan fingerprint density at radius 2 is 1.90 bits per heavy atom. The molecule has 0 bridgehead atoms. The number of nitrogens with zero attached hydrogens (tertiary/aromatic N) is 2. The molecule has 21 heavy (non-hydrogen) atoms. The van der Waals surface area contributed by atoms with E-state index in [0.29, 0.717) is 15.6 Å². The fourth-order valence-corrected chi connectivity index (χ4v) is 2.92. The van der Waals surface area contributed by atoms with Gasteiger partial charge in [0.25, 0.3) is 0 Å². The largest absolute Gasteiger partial charge is 0.353 e. The molecule has 1 heterocycles. The molecule has 1 atom stereocenters. The Bertz CT molecular complexity index is 784. The number of nitrogens with one attached hydrogen (secondary N) is 1. The van der Waals surface area contributed by atoms with Crippen molar-refractivity contribution in [2.45, 2.75) is 4.90 Å². The molecule has 2 amide bonds. The van der Waals surface area contributed by atoms with Crippen LogP contribution in [-0.4, -0.2) is 21.5 Å².